The molecule has 5 unspecified atom stereocenters. The molecular weight excluding hydrogens is 605 g/mol. The Kier molecular flexibility index (Phi) is 15.3. The van der Waals surface area contributed by atoms with Gasteiger partial charge in [0.2, 0.25) is 0 Å². The van der Waals surface area contributed by atoms with Crippen LogP contribution in [0.3, 0.4) is 0 Å². The van der Waals surface area contributed by atoms with E-state index in [1.807, 2.05) is 19.1 Å². The maximum Gasteiger partial charge on any atom is 0.311 e. The van der Waals surface area contributed by atoms with Crippen LogP contribution in [-0.2, 0) is 24.5 Å². The Bertz CT molecular complexity index is 1320. The molecule has 0 aliphatic carbocycles. The van der Waals surface area contributed by atoms with E-state index < -0.39 is 28.8 Å². The molecule has 0 aromatic heterocycles. The van der Waals surface area contributed by atoms with Crippen LogP contribution in [0.15, 0.2) is 104 Å². The van der Waals surface area contributed by atoms with Gasteiger partial charge in [-0.15, -0.1) is 6.58 Å². The van der Waals surface area contributed by atoms with Gasteiger partial charge in [-0.1, -0.05) is 124 Å². The van der Waals surface area contributed by atoms with Crippen LogP contribution < -0.4 is 0 Å². The highest BCUT2D eigenvalue weighted by Gasteiger charge is 2.48. The summed E-state index contributed by atoms with van der Waals surface area (Å²) < 4.78 is 11.0. The molecule has 254 valence electrons. The average Bonchev–Trinajstić information content (AvgIpc) is 3.10. The van der Waals surface area contributed by atoms with E-state index in [0.717, 1.165) is 30.4 Å². The number of ether oxygens (including phenoxy) is 2. The Hall–Kier alpha value is -3.35. The summed E-state index contributed by atoms with van der Waals surface area (Å²) in [6.07, 6.45) is 4.44. The number of methoxy groups -OCH3 is 1. The van der Waals surface area contributed by atoms with Crippen LogP contribution in [0.2, 0.25) is 0 Å². The Labute approximate surface area is 287 Å². The lowest BCUT2D eigenvalue weighted by Gasteiger charge is -2.44. The van der Waals surface area contributed by atoms with Gasteiger partial charge in [0.1, 0.15) is 6.61 Å². The second kappa shape index (κ2) is 18.8. The smallest absolute Gasteiger partial charge is 0.311 e. The van der Waals surface area contributed by atoms with Gasteiger partial charge in [-0.05, 0) is 61.1 Å². The monoisotopic (exact) mass is 658 g/mol. The van der Waals surface area contributed by atoms with Gasteiger partial charge < -0.3 is 14.6 Å². The quantitative estimate of drug-likeness (QED) is 0.0742. The van der Waals surface area contributed by atoms with Crippen molar-refractivity contribution in [2.45, 2.75) is 77.2 Å². The second-order valence-electron chi connectivity index (χ2n) is 13.3. The van der Waals surface area contributed by atoms with Crippen LogP contribution in [-0.4, -0.2) is 48.4 Å². The van der Waals surface area contributed by atoms with E-state index in [4.69, 9.17) is 9.47 Å². The highest BCUT2D eigenvalue weighted by molar-refractivity contribution is 7.99. The summed E-state index contributed by atoms with van der Waals surface area (Å²) in [4.78, 5) is 27.2. The summed E-state index contributed by atoms with van der Waals surface area (Å²) in [6, 6.07) is 31.6. The lowest BCUT2D eigenvalue weighted by molar-refractivity contribution is -0.161. The predicted octanol–water partition coefficient (Wildman–Crippen LogP) is 9.00. The van der Waals surface area contributed by atoms with E-state index >= 15 is 0 Å². The van der Waals surface area contributed by atoms with Crippen LogP contribution in [0.1, 0.15) is 82.4 Å². The molecule has 6 heteroatoms. The molecule has 1 N–H and O–H groups in total. The average molecular weight is 659 g/mol. The van der Waals surface area contributed by atoms with Crippen molar-refractivity contribution in [3.05, 3.63) is 120 Å². The first kappa shape index (κ1) is 38.1. The van der Waals surface area contributed by atoms with Crippen molar-refractivity contribution in [2.24, 2.45) is 17.3 Å². The van der Waals surface area contributed by atoms with E-state index in [2.05, 4.69) is 99.3 Å². The molecule has 0 fully saturated rings. The number of esters is 2. The summed E-state index contributed by atoms with van der Waals surface area (Å²) >= 11 is 1.53. The number of thioether (sulfide) groups is 1. The van der Waals surface area contributed by atoms with E-state index in [-0.39, 0.29) is 24.9 Å². The van der Waals surface area contributed by atoms with Crippen molar-refractivity contribution in [2.75, 3.05) is 25.2 Å². The molecule has 47 heavy (non-hydrogen) atoms. The van der Waals surface area contributed by atoms with Crippen molar-refractivity contribution in [1.82, 2.24) is 0 Å². The fraction of sp³-hybridized carbons (Fsp3) is 0.463. The SMILES string of the molecule is C=CCSCC(O)COC(=O)C(C)(CC(C)C(=O)OC)CC(CC(CC(C)CC)c1ccccc1)(c1ccccc1)c1ccccc1. The van der Waals surface area contributed by atoms with Gasteiger partial charge in [0.15, 0.2) is 0 Å². The third-order valence-electron chi connectivity index (χ3n) is 9.40. The minimum absolute atomic E-state index is 0.116. The highest BCUT2D eigenvalue weighted by Crippen LogP contribution is 2.51. The first-order valence-corrected chi connectivity index (χ1v) is 18.0. The van der Waals surface area contributed by atoms with Gasteiger partial charge >= 0.3 is 11.9 Å². The molecule has 5 nitrogen and oxygen atoms in total. The maximum atomic E-state index is 14.4. The molecule has 0 bridgehead atoms. The first-order chi connectivity index (χ1) is 22.6. The summed E-state index contributed by atoms with van der Waals surface area (Å²) in [7, 11) is 1.38. The lowest BCUT2D eigenvalue weighted by Crippen LogP contribution is -2.43. The van der Waals surface area contributed by atoms with Gasteiger partial charge in [-0.25, -0.2) is 0 Å². The van der Waals surface area contributed by atoms with Crippen LogP contribution in [0.4, 0.5) is 0 Å². The second-order valence-corrected chi connectivity index (χ2v) is 14.4. The molecule has 3 rings (SSSR count). The maximum absolute atomic E-state index is 14.4. The predicted molar refractivity (Wildman–Crippen MR) is 195 cm³/mol. The van der Waals surface area contributed by atoms with Crippen LogP contribution >= 0.6 is 11.8 Å². The number of rotatable bonds is 20. The molecule has 3 aromatic carbocycles. The largest absolute Gasteiger partial charge is 0.469 e. The zero-order valence-electron chi connectivity index (χ0n) is 28.9. The number of aliphatic hydroxyl groups is 1. The topological polar surface area (TPSA) is 72.8 Å². The molecule has 5 atom stereocenters. The van der Waals surface area contributed by atoms with Crippen LogP contribution in [0, 0.1) is 17.3 Å². The Morgan fingerprint density at radius 1 is 0.915 bits per heavy atom. The fourth-order valence-electron chi connectivity index (χ4n) is 6.86. The number of carbonyl (C=O) groups is 2. The van der Waals surface area contributed by atoms with Crippen molar-refractivity contribution in [1.29, 1.82) is 0 Å². The summed E-state index contributed by atoms with van der Waals surface area (Å²) in [5.41, 5.74) is 1.80. The summed E-state index contributed by atoms with van der Waals surface area (Å²) in [5.74, 6) is 0.509. The minimum Gasteiger partial charge on any atom is -0.469 e. The number of carbonyl (C=O) groups excluding carboxylic acids is 2. The minimum atomic E-state index is -1.09. The standard InChI is InChI=1S/C41H54O5S/c1-7-24-47-29-37(42)28-46-39(44)40(5,26-32(4)38(43)45-6)30-41(35-20-14-10-15-21-35,36-22-16-11-17-23-36)27-34(25-31(3)8-2)33-18-12-9-13-19-33/h7,9-23,31-32,34,37,42H,1,8,24-30H2,2-6H3. The number of aliphatic hydroxyl groups excluding tert-OH is 1. The van der Waals surface area contributed by atoms with E-state index in [9.17, 15) is 14.7 Å². The van der Waals surface area contributed by atoms with Gasteiger partial charge in [-0.2, -0.15) is 11.8 Å². The number of benzene rings is 3. The van der Waals surface area contributed by atoms with Crippen molar-refractivity contribution < 1.29 is 24.2 Å². The van der Waals surface area contributed by atoms with E-state index in [1.54, 1.807) is 13.0 Å². The normalized spacial score (nSPS) is 15.4. The molecule has 0 spiro atoms. The zero-order valence-corrected chi connectivity index (χ0v) is 29.7. The van der Waals surface area contributed by atoms with Gasteiger partial charge in [-0.3, -0.25) is 9.59 Å². The number of hydrogen-bond acceptors (Lipinski definition) is 6. The Balaban J connectivity index is 2.20. The summed E-state index contributed by atoms with van der Waals surface area (Å²) in [6.45, 7) is 11.9. The van der Waals surface area contributed by atoms with Crippen molar-refractivity contribution in [3.8, 4) is 0 Å². The molecular formula is C41H54O5S. The first-order valence-electron chi connectivity index (χ1n) is 16.9. The van der Waals surface area contributed by atoms with Crippen LogP contribution in [0.5, 0.6) is 0 Å². The molecule has 3 aromatic rings. The molecule has 0 aliphatic rings. The molecule has 0 heterocycles. The fourth-order valence-corrected chi connectivity index (χ4v) is 7.54. The van der Waals surface area contributed by atoms with Crippen LogP contribution in [0.25, 0.3) is 0 Å². The molecule has 0 aliphatic heterocycles. The van der Waals surface area contributed by atoms with Gasteiger partial charge in [0, 0.05) is 16.9 Å². The summed E-state index contributed by atoms with van der Waals surface area (Å²) in [5, 5.41) is 10.6. The van der Waals surface area contributed by atoms with Gasteiger partial charge in [0.25, 0.3) is 0 Å². The molecule has 0 saturated carbocycles. The third-order valence-corrected chi connectivity index (χ3v) is 10.5. The Morgan fingerprint density at radius 3 is 1.98 bits per heavy atom. The third kappa shape index (κ3) is 10.8. The molecule has 0 amide bonds. The number of hydrogen-bond donors (Lipinski definition) is 1. The lowest BCUT2D eigenvalue weighted by atomic mass is 9.59. The molecule has 0 saturated heterocycles. The highest BCUT2D eigenvalue weighted by atomic mass is 32.2. The van der Waals surface area contributed by atoms with E-state index in [0.29, 0.717) is 23.8 Å². The van der Waals surface area contributed by atoms with Gasteiger partial charge in [0.05, 0.1) is 24.5 Å². The van der Waals surface area contributed by atoms with Crippen molar-refractivity contribution >= 4 is 23.7 Å². The Morgan fingerprint density at radius 2 is 1.47 bits per heavy atom. The zero-order chi connectivity index (χ0) is 34.3. The molecule has 0 radical (unpaired) electrons. The van der Waals surface area contributed by atoms with E-state index in [1.165, 1.54) is 24.4 Å². The van der Waals surface area contributed by atoms with Crippen molar-refractivity contribution in [3.63, 3.8) is 0 Å².